The number of nitrogens with one attached hydrogen (secondary N) is 1. The Morgan fingerprint density at radius 1 is 1.18 bits per heavy atom. The molecule has 0 saturated heterocycles. The first-order chi connectivity index (χ1) is 10.6. The summed E-state index contributed by atoms with van der Waals surface area (Å²) in [5, 5.41) is 3.96. The Bertz CT molecular complexity index is 854. The van der Waals surface area contributed by atoms with E-state index >= 15 is 0 Å². The smallest absolute Gasteiger partial charge is 0.245 e. The minimum absolute atomic E-state index is 0.0885. The van der Waals surface area contributed by atoms with E-state index in [2.05, 4.69) is 26.2 Å². The third kappa shape index (κ3) is 2.76. The first-order valence-corrected chi connectivity index (χ1v) is 7.82. The van der Waals surface area contributed by atoms with Gasteiger partial charge in [0.1, 0.15) is 12.4 Å². The summed E-state index contributed by atoms with van der Waals surface area (Å²) in [5.41, 5.74) is 2.95. The van der Waals surface area contributed by atoms with E-state index < -0.39 is 0 Å². The number of hydrogen-bond donors (Lipinski definition) is 1. The zero-order chi connectivity index (χ0) is 15.7. The van der Waals surface area contributed by atoms with Gasteiger partial charge in [-0.15, -0.1) is 0 Å². The van der Waals surface area contributed by atoms with E-state index in [-0.39, 0.29) is 12.5 Å². The van der Waals surface area contributed by atoms with Crippen molar-refractivity contribution in [3.63, 3.8) is 0 Å². The van der Waals surface area contributed by atoms with Gasteiger partial charge in [0.25, 0.3) is 0 Å². The van der Waals surface area contributed by atoms with Crippen LogP contribution in [-0.2, 0) is 11.3 Å². The molecule has 0 spiro atoms. The van der Waals surface area contributed by atoms with Gasteiger partial charge in [-0.05, 0) is 48.0 Å². The minimum atomic E-state index is -0.0885. The number of pyridine rings is 1. The molecule has 0 aliphatic heterocycles. The zero-order valence-electron chi connectivity index (χ0n) is 12.4. The number of carbonyl (C=O) groups is 1. The SMILES string of the molecule is Cc1cccc(NC(=O)Cn2c(C)c(Br)c3ccccc32)n1. The molecule has 1 N–H and O–H groups in total. The Morgan fingerprint density at radius 2 is 1.95 bits per heavy atom. The third-order valence-electron chi connectivity index (χ3n) is 3.61. The molecule has 3 rings (SSSR count). The number of amides is 1. The van der Waals surface area contributed by atoms with Crippen molar-refractivity contribution in [1.29, 1.82) is 0 Å². The maximum atomic E-state index is 12.3. The van der Waals surface area contributed by atoms with Gasteiger partial charge in [-0.1, -0.05) is 24.3 Å². The minimum Gasteiger partial charge on any atom is -0.334 e. The molecule has 0 atom stereocenters. The molecule has 112 valence electrons. The summed E-state index contributed by atoms with van der Waals surface area (Å²) >= 11 is 3.60. The van der Waals surface area contributed by atoms with Crippen LogP contribution >= 0.6 is 15.9 Å². The second-order valence-electron chi connectivity index (χ2n) is 5.22. The van der Waals surface area contributed by atoms with Gasteiger partial charge in [0.15, 0.2) is 0 Å². The van der Waals surface area contributed by atoms with Crippen LogP contribution in [0.15, 0.2) is 46.9 Å². The molecule has 1 amide bonds. The van der Waals surface area contributed by atoms with E-state index in [4.69, 9.17) is 0 Å². The van der Waals surface area contributed by atoms with Crippen LogP contribution in [0, 0.1) is 13.8 Å². The van der Waals surface area contributed by atoms with Crippen molar-refractivity contribution in [1.82, 2.24) is 9.55 Å². The van der Waals surface area contributed by atoms with E-state index in [9.17, 15) is 4.79 Å². The Kier molecular flexibility index (Phi) is 3.98. The Balaban J connectivity index is 1.87. The van der Waals surface area contributed by atoms with Gasteiger partial charge in [0.05, 0.1) is 0 Å². The highest BCUT2D eigenvalue weighted by Crippen LogP contribution is 2.30. The number of anilines is 1. The van der Waals surface area contributed by atoms with Crippen LogP contribution in [0.1, 0.15) is 11.4 Å². The van der Waals surface area contributed by atoms with Crippen molar-refractivity contribution in [3.8, 4) is 0 Å². The molecular formula is C17H16BrN3O. The summed E-state index contributed by atoms with van der Waals surface area (Å²) in [7, 11) is 0. The maximum absolute atomic E-state index is 12.3. The summed E-state index contributed by atoms with van der Waals surface area (Å²) in [6.45, 7) is 4.16. The second-order valence-corrected chi connectivity index (χ2v) is 6.01. The molecule has 0 radical (unpaired) electrons. The van der Waals surface area contributed by atoms with E-state index in [0.29, 0.717) is 5.82 Å². The Morgan fingerprint density at radius 3 is 2.73 bits per heavy atom. The quantitative estimate of drug-likeness (QED) is 0.768. The number of para-hydroxylation sites is 1. The van der Waals surface area contributed by atoms with E-state index in [1.807, 2.05) is 54.8 Å². The first kappa shape index (κ1) is 14.8. The predicted molar refractivity (Wildman–Crippen MR) is 92.0 cm³/mol. The van der Waals surface area contributed by atoms with Crippen LogP contribution in [0.2, 0.25) is 0 Å². The van der Waals surface area contributed by atoms with Crippen molar-refractivity contribution in [2.24, 2.45) is 0 Å². The van der Waals surface area contributed by atoms with Gasteiger partial charge in [0, 0.05) is 26.8 Å². The van der Waals surface area contributed by atoms with Crippen LogP contribution in [0.5, 0.6) is 0 Å². The predicted octanol–water partition coefficient (Wildman–Crippen LogP) is 4.05. The van der Waals surface area contributed by atoms with Crippen LogP contribution in [0.3, 0.4) is 0 Å². The topological polar surface area (TPSA) is 46.9 Å². The van der Waals surface area contributed by atoms with Crippen molar-refractivity contribution in [3.05, 3.63) is 58.3 Å². The fourth-order valence-corrected chi connectivity index (χ4v) is 3.08. The van der Waals surface area contributed by atoms with Crippen molar-refractivity contribution < 1.29 is 4.79 Å². The van der Waals surface area contributed by atoms with Crippen LogP contribution in [-0.4, -0.2) is 15.5 Å². The lowest BCUT2D eigenvalue weighted by Crippen LogP contribution is -2.20. The molecule has 4 nitrogen and oxygen atoms in total. The zero-order valence-corrected chi connectivity index (χ0v) is 14.0. The molecule has 0 bridgehead atoms. The highest BCUT2D eigenvalue weighted by molar-refractivity contribution is 9.10. The molecule has 0 unspecified atom stereocenters. The maximum Gasteiger partial charge on any atom is 0.245 e. The summed E-state index contributed by atoms with van der Waals surface area (Å²) in [5.74, 6) is 0.493. The van der Waals surface area contributed by atoms with E-state index in [1.54, 1.807) is 6.07 Å². The first-order valence-electron chi connectivity index (χ1n) is 7.03. The third-order valence-corrected chi connectivity index (χ3v) is 4.61. The molecule has 2 heterocycles. The molecule has 2 aromatic heterocycles. The summed E-state index contributed by atoms with van der Waals surface area (Å²) in [4.78, 5) is 16.6. The number of halogens is 1. The molecular weight excluding hydrogens is 342 g/mol. The average molecular weight is 358 g/mol. The Labute approximate surface area is 137 Å². The monoisotopic (exact) mass is 357 g/mol. The average Bonchev–Trinajstić information content (AvgIpc) is 2.73. The number of benzene rings is 1. The fraction of sp³-hybridized carbons (Fsp3) is 0.176. The number of aromatic nitrogens is 2. The lowest BCUT2D eigenvalue weighted by Gasteiger charge is -2.09. The fourth-order valence-electron chi connectivity index (χ4n) is 2.53. The molecule has 5 heteroatoms. The molecule has 0 saturated carbocycles. The van der Waals surface area contributed by atoms with Gasteiger partial charge < -0.3 is 9.88 Å². The largest absolute Gasteiger partial charge is 0.334 e. The Hall–Kier alpha value is -2.14. The number of aryl methyl sites for hydroxylation is 1. The van der Waals surface area contributed by atoms with Crippen LogP contribution < -0.4 is 5.32 Å². The molecule has 0 fully saturated rings. The van der Waals surface area contributed by atoms with Gasteiger partial charge in [-0.3, -0.25) is 4.79 Å². The molecule has 3 aromatic rings. The molecule has 0 aliphatic carbocycles. The van der Waals surface area contributed by atoms with Crippen LogP contribution in [0.25, 0.3) is 10.9 Å². The standard InChI is InChI=1S/C17H16BrN3O/c1-11-6-5-9-15(19-11)20-16(22)10-21-12(2)17(18)13-7-3-4-8-14(13)21/h3-9H,10H2,1-2H3,(H,19,20,22). The van der Waals surface area contributed by atoms with Crippen molar-refractivity contribution >= 4 is 38.6 Å². The van der Waals surface area contributed by atoms with Gasteiger partial charge in [-0.2, -0.15) is 0 Å². The van der Waals surface area contributed by atoms with E-state index in [1.165, 1.54) is 0 Å². The number of hydrogen-bond acceptors (Lipinski definition) is 2. The highest BCUT2D eigenvalue weighted by Gasteiger charge is 2.14. The number of rotatable bonds is 3. The second kappa shape index (κ2) is 5.93. The van der Waals surface area contributed by atoms with Gasteiger partial charge in [0.2, 0.25) is 5.91 Å². The number of nitrogens with zero attached hydrogens (tertiary/aromatic N) is 2. The van der Waals surface area contributed by atoms with Crippen molar-refractivity contribution in [2.75, 3.05) is 5.32 Å². The van der Waals surface area contributed by atoms with Crippen LogP contribution in [0.4, 0.5) is 5.82 Å². The number of carbonyl (C=O) groups excluding carboxylic acids is 1. The van der Waals surface area contributed by atoms with Crippen molar-refractivity contribution in [2.45, 2.75) is 20.4 Å². The van der Waals surface area contributed by atoms with Gasteiger partial charge in [-0.25, -0.2) is 4.98 Å². The van der Waals surface area contributed by atoms with E-state index in [0.717, 1.165) is 26.8 Å². The lowest BCUT2D eigenvalue weighted by molar-refractivity contribution is -0.116. The summed E-state index contributed by atoms with van der Waals surface area (Å²) in [6.07, 6.45) is 0. The lowest BCUT2D eigenvalue weighted by atomic mass is 10.2. The highest BCUT2D eigenvalue weighted by atomic mass is 79.9. The normalized spacial score (nSPS) is 10.9. The van der Waals surface area contributed by atoms with Gasteiger partial charge >= 0.3 is 0 Å². The molecule has 1 aromatic carbocycles. The molecule has 22 heavy (non-hydrogen) atoms. The number of fused-ring (bicyclic) bond motifs is 1. The summed E-state index contributed by atoms with van der Waals surface area (Å²) in [6, 6.07) is 13.6. The molecule has 0 aliphatic rings. The summed E-state index contributed by atoms with van der Waals surface area (Å²) < 4.78 is 3.04.